The number of para-hydroxylation sites is 1. The molecule has 2 aromatic rings. The summed E-state index contributed by atoms with van der Waals surface area (Å²) in [5.74, 6) is 2.87. The molecule has 0 radical (unpaired) electrons. The largest absolute Gasteiger partial charge is 0.494 e. The fourth-order valence-corrected chi connectivity index (χ4v) is 3.63. The van der Waals surface area contributed by atoms with Crippen molar-refractivity contribution in [3.05, 3.63) is 47.0 Å². The lowest BCUT2D eigenvalue weighted by Crippen LogP contribution is -2.02. The molecule has 24 heavy (non-hydrogen) atoms. The van der Waals surface area contributed by atoms with E-state index < -0.39 is 0 Å². The molecular formula is C20H24O3S. The monoisotopic (exact) mass is 344 g/mol. The second kappa shape index (κ2) is 7.95. The lowest BCUT2D eigenvalue weighted by Gasteiger charge is -2.16. The average Bonchev–Trinajstić information content (AvgIpc) is 2.78. The van der Waals surface area contributed by atoms with E-state index in [-0.39, 0.29) is 6.61 Å². The van der Waals surface area contributed by atoms with Crippen LogP contribution >= 0.6 is 11.8 Å². The topological polar surface area (TPSA) is 38.7 Å². The van der Waals surface area contributed by atoms with Crippen LogP contribution in [-0.4, -0.2) is 30.3 Å². The summed E-state index contributed by atoms with van der Waals surface area (Å²) < 4.78 is 11.9. The summed E-state index contributed by atoms with van der Waals surface area (Å²) in [6.45, 7) is 3.48. The maximum absolute atomic E-state index is 9.59. The number of hydrogen-bond donors (Lipinski definition) is 1. The Morgan fingerprint density at radius 2 is 2.17 bits per heavy atom. The van der Waals surface area contributed by atoms with E-state index in [1.165, 1.54) is 16.7 Å². The summed E-state index contributed by atoms with van der Waals surface area (Å²) in [5, 5.41) is 9.59. The standard InChI is InChI=1S/C20H24O3S/c1-14-11-17(22-8-4-10-24-2)12-15-7-9-23-20-16(13-21)5-3-6-18(20)19(14)15/h3,5-6,11-12,21H,4,7-10,13H2,1-2H3. The summed E-state index contributed by atoms with van der Waals surface area (Å²) in [6, 6.07) is 10.2. The summed E-state index contributed by atoms with van der Waals surface area (Å²) in [5.41, 5.74) is 5.57. The van der Waals surface area contributed by atoms with Gasteiger partial charge in [-0.3, -0.25) is 0 Å². The maximum atomic E-state index is 9.59. The molecule has 3 nitrogen and oxygen atoms in total. The Bertz CT molecular complexity index is 712. The van der Waals surface area contributed by atoms with Crippen LogP contribution in [0.4, 0.5) is 0 Å². The number of hydrogen-bond acceptors (Lipinski definition) is 4. The number of aliphatic hydroxyl groups is 1. The molecule has 0 bridgehead atoms. The van der Waals surface area contributed by atoms with Crippen LogP contribution in [-0.2, 0) is 13.0 Å². The van der Waals surface area contributed by atoms with E-state index in [1.54, 1.807) is 0 Å². The predicted octanol–water partition coefficient (Wildman–Crippen LogP) is 4.22. The SMILES string of the molecule is CSCCCOc1cc(C)c2c(c1)CCOc1c(CO)cccc1-2. The Kier molecular flexibility index (Phi) is 5.69. The summed E-state index contributed by atoms with van der Waals surface area (Å²) in [4.78, 5) is 0. The van der Waals surface area contributed by atoms with Gasteiger partial charge in [-0.1, -0.05) is 18.2 Å². The van der Waals surface area contributed by atoms with E-state index in [9.17, 15) is 5.11 Å². The molecule has 1 aliphatic heterocycles. The van der Waals surface area contributed by atoms with Crippen molar-refractivity contribution in [2.75, 3.05) is 25.2 Å². The molecule has 2 aromatic carbocycles. The van der Waals surface area contributed by atoms with Crippen molar-refractivity contribution in [2.45, 2.75) is 26.4 Å². The van der Waals surface area contributed by atoms with Crippen molar-refractivity contribution in [1.82, 2.24) is 0 Å². The molecule has 0 aromatic heterocycles. The van der Waals surface area contributed by atoms with Gasteiger partial charge >= 0.3 is 0 Å². The minimum atomic E-state index is -0.00576. The molecule has 4 heteroatoms. The van der Waals surface area contributed by atoms with Gasteiger partial charge in [0.25, 0.3) is 0 Å². The molecule has 0 saturated heterocycles. The molecule has 1 N–H and O–H groups in total. The van der Waals surface area contributed by atoms with Crippen molar-refractivity contribution < 1.29 is 14.6 Å². The van der Waals surface area contributed by atoms with Crippen molar-refractivity contribution in [3.8, 4) is 22.6 Å². The molecule has 0 fully saturated rings. The number of fused-ring (bicyclic) bond motifs is 3. The van der Waals surface area contributed by atoms with Crippen molar-refractivity contribution in [1.29, 1.82) is 0 Å². The smallest absolute Gasteiger partial charge is 0.132 e. The quantitative estimate of drug-likeness (QED) is 0.796. The third-order valence-corrected chi connectivity index (χ3v) is 5.00. The lowest BCUT2D eigenvalue weighted by atomic mass is 9.92. The number of ether oxygens (including phenoxy) is 2. The number of aliphatic hydroxyl groups excluding tert-OH is 1. The van der Waals surface area contributed by atoms with Crippen LogP contribution < -0.4 is 9.47 Å². The predicted molar refractivity (Wildman–Crippen MR) is 100 cm³/mol. The van der Waals surface area contributed by atoms with Crippen molar-refractivity contribution in [2.24, 2.45) is 0 Å². The van der Waals surface area contributed by atoms with Gasteiger partial charge in [0.05, 0.1) is 19.8 Å². The zero-order chi connectivity index (χ0) is 16.9. The van der Waals surface area contributed by atoms with Crippen LogP contribution in [0, 0.1) is 6.92 Å². The highest BCUT2D eigenvalue weighted by atomic mass is 32.2. The molecule has 3 rings (SSSR count). The molecule has 1 heterocycles. The van der Waals surface area contributed by atoms with Gasteiger partial charge in [0, 0.05) is 17.5 Å². The Morgan fingerprint density at radius 3 is 2.96 bits per heavy atom. The van der Waals surface area contributed by atoms with Gasteiger partial charge in [-0.25, -0.2) is 0 Å². The van der Waals surface area contributed by atoms with E-state index in [4.69, 9.17) is 9.47 Å². The van der Waals surface area contributed by atoms with Crippen molar-refractivity contribution in [3.63, 3.8) is 0 Å². The van der Waals surface area contributed by atoms with Crippen LogP contribution in [0.25, 0.3) is 11.1 Å². The fourth-order valence-electron chi connectivity index (χ4n) is 3.22. The molecule has 0 spiro atoms. The van der Waals surface area contributed by atoms with Crippen LogP contribution in [0.5, 0.6) is 11.5 Å². The van der Waals surface area contributed by atoms with E-state index >= 15 is 0 Å². The summed E-state index contributed by atoms with van der Waals surface area (Å²) in [6.07, 6.45) is 4.02. The Morgan fingerprint density at radius 1 is 1.29 bits per heavy atom. The first-order chi connectivity index (χ1) is 11.7. The summed E-state index contributed by atoms with van der Waals surface area (Å²) >= 11 is 1.84. The second-order valence-corrected chi connectivity index (χ2v) is 7.01. The maximum Gasteiger partial charge on any atom is 0.132 e. The van der Waals surface area contributed by atoms with Gasteiger partial charge in [0.1, 0.15) is 11.5 Å². The molecule has 0 unspecified atom stereocenters. The highest BCUT2D eigenvalue weighted by Crippen LogP contribution is 2.41. The van der Waals surface area contributed by atoms with Crippen LogP contribution in [0.15, 0.2) is 30.3 Å². The number of aryl methyl sites for hydroxylation is 1. The van der Waals surface area contributed by atoms with E-state index in [0.717, 1.165) is 47.8 Å². The minimum absolute atomic E-state index is 0.00576. The van der Waals surface area contributed by atoms with Gasteiger partial charge < -0.3 is 14.6 Å². The first-order valence-corrected chi connectivity index (χ1v) is 9.75. The number of benzene rings is 2. The highest BCUT2D eigenvalue weighted by molar-refractivity contribution is 7.98. The Labute approximate surface area is 148 Å². The van der Waals surface area contributed by atoms with Crippen LogP contribution in [0.2, 0.25) is 0 Å². The van der Waals surface area contributed by atoms with E-state index in [0.29, 0.717) is 6.61 Å². The Balaban J connectivity index is 1.95. The third-order valence-electron chi connectivity index (χ3n) is 4.31. The molecule has 128 valence electrons. The van der Waals surface area contributed by atoms with Gasteiger partial charge in [-0.2, -0.15) is 11.8 Å². The minimum Gasteiger partial charge on any atom is -0.494 e. The van der Waals surface area contributed by atoms with Gasteiger partial charge in [-0.05, 0) is 54.2 Å². The van der Waals surface area contributed by atoms with Crippen molar-refractivity contribution >= 4 is 11.8 Å². The normalized spacial score (nSPS) is 12.8. The van der Waals surface area contributed by atoms with Gasteiger partial charge in [0.2, 0.25) is 0 Å². The number of rotatable bonds is 6. The molecule has 0 atom stereocenters. The van der Waals surface area contributed by atoms with Gasteiger partial charge in [-0.15, -0.1) is 0 Å². The first-order valence-electron chi connectivity index (χ1n) is 8.35. The molecule has 0 aliphatic carbocycles. The van der Waals surface area contributed by atoms with Crippen LogP contribution in [0.1, 0.15) is 23.1 Å². The third kappa shape index (κ3) is 3.55. The molecule has 0 amide bonds. The average molecular weight is 344 g/mol. The zero-order valence-electron chi connectivity index (χ0n) is 14.3. The van der Waals surface area contributed by atoms with E-state index in [1.807, 2.05) is 23.9 Å². The van der Waals surface area contributed by atoms with Crippen LogP contribution in [0.3, 0.4) is 0 Å². The first kappa shape index (κ1) is 17.2. The lowest BCUT2D eigenvalue weighted by molar-refractivity contribution is 0.265. The zero-order valence-corrected chi connectivity index (χ0v) is 15.1. The number of thioether (sulfide) groups is 1. The highest BCUT2D eigenvalue weighted by Gasteiger charge is 2.20. The summed E-state index contributed by atoms with van der Waals surface area (Å²) in [7, 11) is 0. The molecule has 1 aliphatic rings. The Hall–Kier alpha value is -1.65. The fraction of sp³-hybridized carbons (Fsp3) is 0.400. The van der Waals surface area contributed by atoms with Gasteiger partial charge in [0.15, 0.2) is 0 Å². The second-order valence-electron chi connectivity index (χ2n) is 6.02. The van der Waals surface area contributed by atoms with E-state index in [2.05, 4.69) is 31.4 Å². The molecule has 0 saturated carbocycles. The molecular weight excluding hydrogens is 320 g/mol.